The van der Waals surface area contributed by atoms with E-state index in [-0.39, 0.29) is 18.4 Å². The third-order valence-electron chi connectivity index (χ3n) is 6.75. The van der Waals surface area contributed by atoms with E-state index in [1.165, 1.54) is 0 Å². The SMILES string of the molecule is C=CC(=O)N(CC1CCNC1=O)NC(=O)[C@H](CC1CCCCC1)NC(=O)[C@@H](NC(=O)O)[C@@H](C)OC(C)(C)C. The molecular formula is C26H43N5O7. The molecule has 1 aliphatic heterocycles. The average Bonchev–Trinajstić information content (AvgIpc) is 3.24. The van der Waals surface area contributed by atoms with Crippen LogP contribution in [0.3, 0.4) is 0 Å². The van der Waals surface area contributed by atoms with E-state index in [0.29, 0.717) is 19.4 Å². The lowest BCUT2D eigenvalue weighted by Crippen LogP contribution is -2.60. The highest BCUT2D eigenvalue weighted by atomic mass is 16.5. The molecule has 1 heterocycles. The van der Waals surface area contributed by atoms with Gasteiger partial charge in [0.2, 0.25) is 11.8 Å². The summed E-state index contributed by atoms with van der Waals surface area (Å²) >= 11 is 0. The maximum absolute atomic E-state index is 13.5. The van der Waals surface area contributed by atoms with Crippen LogP contribution in [-0.4, -0.2) is 76.7 Å². The predicted molar refractivity (Wildman–Crippen MR) is 140 cm³/mol. The van der Waals surface area contributed by atoms with Gasteiger partial charge in [0.1, 0.15) is 12.1 Å². The number of amides is 5. The molecule has 1 saturated heterocycles. The maximum Gasteiger partial charge on any atom is 0.405 e. The van der Waals surface area contributed by atoms with Crippen molar-refractivity contribution in [3.05, 3.63) is 12.7 Å². The Bertz CT molecular complexity index is 882. The molecule has 0 aromatic rings. The van der Waals surface area contributed by atoms with Crippen molar-refractivity contribution in [3.8, 4) is 0 Å². The Morgan fingerprint density at radius 1 is 1.13 bits per heavy atom. The van der Waals surface area contributed by atoms with Crippen LogP contribution in [0.4, 0.5) is 4.79 Å². The summed E-state index contributed by atoms with van der Waals surface area (Å²) in [4.78, 5) is 62.8. The minimum absolute atomic E-state index is 0.0355. The molecule has 5 N–H and O–H groups in total. The zero-order valence-electron chi connectivity index (χ0n) is 22.9. The van der Waals surface area contributed by atoms with Gasteiger partial charge in [-0.15, -0.1) is 0 Å². The number of hydrogen-bond donors (Lipinski definition) is 5. The summed E-state index contributed by atoms with van der Waals surface area (Å²) < 4.78 is 5.82. The lowest BCUT2D eigenvalue weighted by Gasteiger charge is -2.33. The highest BCUT2D eigenvalue weighted by molar-refractivity contribution is 5.94. The van der Waals surface area contributed by atoms with Crippen LogP contribution in [-0.2, 0) is 23.9 Å². The molecule has 1 aliphatic carbocycles. The molecular weight excluding hydrogens is 494 g/mol. The number of hydrogen-bond acceptors (Lipinski definition) is 6. The van der Waals surface area contributed by atoms with Crippen LogP contribution in [0.5, 0.6) is 0 Å². The van der Waals surface area contributed by atoms with Crippen molar-refractivity contribution in [3.63, 3.8) is 0 Å². The maximum atomic E-state index is 13.5. The predicted octanol–water partition coefficient (Wildman–Crippen LogP) is 1.46. The highest BCUT2D eigenvalue weighted by Gasteiger charge is 2.35. The molecule has 0 radical (unpaired) electrons. The van der Waals surface area contributed by atoms with E-state index >= 15 is 0 Å². The Morgan fingerprint density at radius 2 is 1.79 bits per heavy atom. The molecule has 12 heteroatoms. The third kappa shape index (κ3) is 9.96. The van der Waals surface area contributed by atoms with E-state index < -0.39 is 53.5 Å². The van der Waals surface area contributed by atoms with Gasteiger partial charge in [-0.25, -0.2) is 9.80 Å². The van der Waals surface area contributed by atoms with Gasteiger partial charge in [0.15, 0.2) is 0 Å². The van der Waals surface area contributed by atoms with E-state index in [1.807, 2.05) is 0 Å². The van der Waals surface area contributed by atoms with Crippen molar-refractivity contribution in [2.24, 2.45) is 11.8 Å². The molecule has 214 valence electrons. The number of hydrazine groups is 1. The second kappa shape index (κ2) is 14.1. The summed E-state index contributed by atoms with van der Waals surface area (Å²) in [7, 11) is 0. The van der Waals surface area contributed by atoms with Gasteiger partial charge >= 0.3 is 6.09 Å². The van der Waals surface area contributed by atoms with Crippen LogP contribution >= 0.6 is 0 Å². The summed E-state index contributed by atoms with van der Waals surface area (Å²) in [5.41, 5.74) is 1.92. The van der Waals surface area contributed by atoms with Crippen LogP contribution in [0.1, 0.15) is 72.6 Å². The molecule has 0 aromatic heterocycles. The standard InChI is InChI=1S/C26H43N5O7/c1-6-20(32)31(15-18-12-13-27-22(18)33)30-23(34)19(14-17-10-8-7-9-11-17)28-24(35)21(29-25(36)37)16(2)38-26(3,4)5/h6,16-19,21,29H,1,7-15H2,2-5H3,(H,27,33)(H,28,35)(H,30,34)(H,36,37)/t16-,18?,19+,21+/m1/s1. The van der Waals surface area contributed by atoms with E-state index in [2.05, 4.69) is 28.0 Å². The van der Waals surface area contributed by atoms with Crippen LogP contribution < -0.4 is 21.4 Å². The summed E-state index contributed by atoms with van der Waals surface area (Å²) in [6.45, 7) is 10.9. The quantitative estimate of drug-likeness (QED) is 0.196. The number of carboxylic acid groups (broad SMARTS) is 1. The minimum Gasteiger partial charge on any atom is -0.465 e. The fraction of sp³-hybridized carbons (Fsp3) is 0.731. The summed E-state index contributed by atoms with van der Waals surface area (Å²) in [5.74, 6) is -2.43. The van der Waals surface area contributed by atoms with Crippen molar-refractivity contribution in [2.75, 3.05) is 13.1 Å². The van der Waals surface area contributed by atoms with E-state index in [9.17, 15) is 29.1 Å². The summed E-state index contributed by atoms with van der Waals surface area (Å²) in [6, 6.07) is -2.32. The van der Waals surface area contributed by atoms with Gasteiger partial charge in [0.05, 0.1) is 24.2 Å². The molecule has 2 rings (SSSR count). The van der Waals surface area contributed by atoms with Gasteiger partial charge in [0.25, 0.3) is 11.8 Å². The molecule has 2 fully saturated rings. The summed E-state index contributed by atoms with van der Waals surface area (Å²) in [6.07, 6.45) is 4.60. The van der Waals surface area contributed by atoms with Crippen molar-refractivity contribution in [2.45, 2.75) is 96.4 Å². The van der Waals surface area contributed by atoms with Gasteiger partial charge in [-0.1, -0.05) is 38.7 Å². The lowest BCUT2D eigenvalue weighted by atomic mass is 9.84. The summed E-state index contributed by atoms with van der Waals surface area (Å²) in [5, 5.41) is 18.0. The van der Waals surface area contributed by atoms with Gasteiger partial charge in [-0.05, 0) is 52.5 Å². The Hall–Kier alpha value is -3.15. The Kier molecular flexibility index (Phi) is 11.6. The normalized spacial score (nSPS) is 20.4. The first-order valence-corrected chi connectivity index (χ1v) is 13.3. The molecule has 2 aliphatic rings. The molecule has 12 nitrogen and oxygen atoms in total. The van der Waals surface area contributed by atoms with Gasteiger partial charge < -0.3 is 25.8 Å². The Morgan fingerprint density at radius 3 is 2.32 bits per heavy atom. The molecule has 0 spiro atoms. The molecule has 0 bridgehead atoms. The van der Waals surface area contributed by atoms with E-state index in [4.69, 9.17) is 4.74 Å². The van der Waals surface area contributed by atoms with Crippen molar-refractivity contribution in [1.82, 2.24) is 26.4 Å². The van der Waals surface area contributed by atoms with E-state index in [1.54, 1.807) is 27.7 Å². The highest BCUT2D eigenvalue weighted by Crippen LogP contribution is 2.27. The van der Waals surface area contributed by atoms with Gasteiger partial charge in [0, 0.05) is 6.54 Å². The first-order chi connectivity index (χ1) is 17.8. The minimum atomic E-state index is -1.40. The van der Waals surface area contributed by atoms with Crippen LogP contribution in [0.2, 0.25) is 0 Å². The zero-order chi connectivity index (χ0) is 28.5. The third-order valence-corrected chi connectivity index (χ3v) is 6.75. The van der Waals surface area contributed by atoms with Crippen LogP contribution in [0, 0.1) is 11.8 Å². The molecule has 38 heavy (non-hydrogen) atoms. The lowest BCUT2D eigenvalue weighted by molar-refractivity contribution is -0.142. The Labute approximate surface area is 224 Å². The first kappa shape index (κ1) is 31.1. The van der Waals surface area contributed by atoms with Gasteiger partial charge in [-0.3, -0.25) is 24.6 Å². The molecule has 1 unspecified atom stereocenters. The van der Waals surface area contributed by atoms with Crippen molar-refractivity contribution < 1.29 is 33.8 Å². The fourth-order valence-corrected chi connectivity index (χ4v) is 4.96. The second-order valence-electron chi connectivity index (χ2n) is 11.1. The molecule has 5 amide bonds. The number of nitrogens with zero attached hydrogens (tertiary/aromatic N) is 1. The van der Waals surface area contributed by atoms with Crippen LogP contribution in [0.25, 0.3) is 0 Å². The molecule has 4 atom stereocenters. The largest absolute Gasteiger partial charge is 0.465 e. The monoisotopic (exact) mass is 537 g/mol. The topological polar surface area (TPSA) is 166 Å². The molecule has 0 aromatic carbocycles. The number of carbonyl (C=O) groups excluding carboxylic acids is 4. The number of nitrogens with one attached hydrogen (secondary N) is 4. The Balaban J connectivity index is 2.23. The van der Waals surface area contributed by atoms with Crippen LogP contribution in [0.15, 0.2) is 12.7 Å². The van der Waals surface area contributed by atoms with E-state index in [0.717, 1.165) is 43.2 Å². The van der Waals surface area contributed by atoms with Crippen molar-refractivity contribution >= 4 is 29.7 Å². The number of rotatable bonds is 11. The zero-order valence-corrected chi connectivity index (χ0v) is 22.9. The fourth-order valence-electron chi connectivity index (χ4n) is 4.96. The number of carbonyl (C=O) groups is 5. The van der Waals surface area contributed by atoms with Gasteiger partial charge in [-0.2, -0.15) is 0 Å². The number of ether oxygens (including phenoxy) is 1. The average molecular weight is 538 g/mol. The van der Waals surface area contributed by atoms with Crippen molar-refractivity contribution in [1.29, 1.82) is 0 Å². The second-order valence-corrected chi connectivity index (χ2v) is 11.1. The smallest absolute Gasteiger partial charge is 0.405 e. The molecule has 1 saturated carbocycles. The first-order valence-electron chi connectivity index (χ1n) is 13.3.